The Morgan fingerprint density at radius 1 is 1.28 bits per heavy atom. The number of amides is 1. The fourth-order valence-corrected chi connectivity index (χ4v) is 1.69. The Balaban J connectivity index is 2.11. The van der Waals surface area contributed by atoms with Gasteiger partial charge in [0.1, 0.15) is 5.75 Å². The van der Waals surface area contributed by atoms with Crippen molar-refractivity contribution in [2.45, 2.75) is 12.8 Å². The van der Waals surface area contributed by atoms with E-state index in [0.717, 1.165) is 23.0 Å². The Morgan fingerprint density at radius 3 is 2.67 bits per heavy atom. The molecule has 0 aliphatic carbocycles. The van der Waals surface area contributed by atoms with Crippen molar-refractivity contribution in [2.24, 2.45) is 0 Å². The van der Waals surface area contributed by atoms with Crippen LogP contribution in [0.4, 0.5) is 0 Å². The first-order chi connectivity index (χ1) is 8.72. The van der Waals surface area contributed by atoms with Gasteiger partial charge >= 0.3 is 0 Å². The summed E-state index contributed by atoms with van der Waals surface area (Å²) in [6.07, 6.45) is 1.87. The molecule has 0 saturated carbocycles. The number of rotatable bonds is 8. The second-order valence-electron chi connectivity index (χ2n) is 3.79. The number of benzene rings is 1. The molecule has 0 saturated heterocycles. The van der Waals surface area contributed by atoms with E-state index in [1.807, 2.05) is 24.3 Å². The van der Waals surface area contributed by atoms with E-state index in [4.69, 9.17) is 9.47 Å². The molecule has 18 heavy (non-hydrogen) atoms. The van der Waals surface area contributed by atoms with Crippen LogP contribution >= 0.6 is 22.6 Å². The van der Waals surface area contributed by atoms with Crippen molar-refractivity contribution in [3.63, 3.8) is 0 Å². The molecule has 100 valence electrons. The summed E-state index contributed by atoms with van der Waals surface area (Å²) in [6, 6.07) is 7.60. The highest BCUT2D eigenvalue weighted by molar-refractivity contribution is 14.1. The molecule has 4 nitrogen and oxygen atoms in total. The highest BCUT2D eigenvalue weighted by Crippen LogP contribution is 2.13. The van der Waals surface area contributed by atoms with E-state index in [1.165, 1.54) is 0 Å². The SMILES string of the molecule is COCCCCNC(=O)COc1ccc(I)cc1. The summed E-state index contributed by atoms with van der Waals surface area (Å²) in [7, 11) is 1.67. The van der Waals surface area contributed by atoms with E-state index in [2.05, 4.69) is 27.9 Å². The number of hydrogen-bond acceptors (Lipinski definition) is 3. The summed E-state index contributed by atoms with van der Waals surface area (Å²) in [4.78, 5) is 11.4. The van der Waals surface area contributed by atoms with E-state index >= 15 is 0 Å². The zero-order chi connectivity index (χ0) is 13.2. The molecular weight excluding hydrogens is 345 g/mol. The average molecular weight is 363 g/mol. The standard InChI is InChI=1S/C13H18INO3/c1-17-9-3-2-8-15-13(16)10-18-12-6-4-11(14)5-7-12/h4-7H,2-3,8-10H2,1H3,(H,15,16). The largest absolute Gasteiger partial charge is 0.484 e. The lowest BCUT2D eigenvalue weighted by Crippen LogP contribution is -2.29. The van der Waals surface area contributed by atoms with Crippen molar-refractivity contribution in [1.82, 2.24) is 5.32 Å². The van der Waals surface area contributed by atoms with Gasteiger partial charge in [0.25, 0.3) is 5.91 Å². The van der Waals surface area contributed by atoms with Crippen LogP contribution in [0.3, 0.4) is 0 Å². The summed E-state index contributed by atoms with van der Waals surface area (Å²) >= 11 is 2.22. The molecule has 0 unspecified atom stereocenters. The first-order valence-corrected chi connectivity index (χ1v) is 6.94. The van der Waals surface area contributed by atoms with Crippen LogP contribution in [0.2, 0.25) is 0 Å². The molecule has 0 bridgehead atoms. The number of carbonyl (C=O) groups excluding carboxylic acids is 1. The molecule has 0 fully saturated rings. The highest BCUT2D eigenvalue weighted by atomic mass is 127. The zero-order valence-electron chi connectivity index (χ0n) is 10.4. The second-order valence-corrected chi connectivity index (χ2v) is 5.04. The van der Waals surface area contributed by atoms with Crippen molar-refractivity contribution >= 4 is 28.5 Å². The predicted molar refractivity (Wildman–Crippen MR) is 78.8 cm³/mol. The van der Waals surface area contributed by atoms with E-state index in [0.29, 0.717) is 12.3 Å². The lowest BCUT2D eigenvalue weighted by Gasteiger charge is -2.07. The summed E-state index contributed by atoms with van der Waals surface area (Å²) in [5.41, 5.74) is 0. The minimum Gasteiger partial charge on any atom is -0.484 e. The molecule has 0 spiro atoms. The molecular formula is C13H18INO3. The van der Waals surface area contributed by atoms with Gasteiger partial charge < -0.3 is 14.8 Å². The Morgan fingerprint density at radius 2 is 2.00 bits per heavy atom. The van der Waals surface area contributed by atoms with E-state index < -0.39 is 0 Å². The first-order valence-electron chi connectivity index (χ1n) is 5.86. The van der Waals surface area contributed by atoms with Crippen molar-refractivity contribution in [1.29, 1.82) is 0 Å². The van der Waals surface area contributed by atoms with E-state index in [1.54, 1.807) is 7.11 Å². The maximum Gasteiger partial charge on any atom is 0.257 e. The molecule has 1 rings (SSSR count). The fourth-order valence-electron chi connectivity index (χ4n) is 1.33. The third-order valence-corrected chi connectivity index (χ3v) is 3.00. The van der Waals surface area contributed by atoms with Crippen LogP contribution in [0, 0.1) is 3.57 Å². The number of unbranched alkanes of at least 4 members (excludes halogenated alkanes) is 1. The molecule has 0 heterocycles. The van der Waals surface area contributed by atoms with Crippen LogP contribution in [-0.4, -0.2) is 32.8 Å². The van der Waals surface area contributed by atoms with Gasteiger partial charge in [-0.05, 0) is 59.7 Å². The molecule has 1 aromatic carbocycles. The smallest absolute Gasteiger partial charge is 0.257 e. The molecule has 0 radical (unpaired) electrons. The Hall–Kier alpha value is -0.820. The van der Waals surface area contributed by atoms with Gasteiger partial charge in [-0.25, -0.2) is 0 Å². The van der Waals surface area contributed by atoms with Crippen LogP contribution in [0.15, 0.2) is 24.3 Å². The minimum absolute atomic E-state index is 0.0604. The van der Waals surface area contributed by atoms with Gasteiger partial charge in [0.15, 0.2) is 6.61 Å². The number of nitrogens with one attached hydrogen (secondary N) is 1. The van der Waals surface area contributed by atoms with Gasteiger partial charge in [0.05, 0.1) is 0 Å². The van der Waals surface area contributed by atoms with Gasteiger partial charge in [-0.15, -0.1) is 0 Å². The fraction of sp³-hybridized carbons (Fsp3) is 0.462. The lowest BCUT2D eigenvalue weighted by molar-refractivity contribution is -0.123. The Labute approximate surface area is 121 Å². The summed E-state index contributed by atoms with van der Waals surface area (Å²) < 4.78 is 11.4. The molecule has 1 amide bonds. The van der Waals surface area contributed by atoms with Crippen LogP contribution in [0.25, 0.3) is 0 Å². The molecule has 5 heteroatoms. The molecule has 0 aliphatic rings. The molecule has 0 aliphatic heterocycles. The third kappa shape index (κ3) is 6.80. The van der Waals surface area contributed by atoms with Crippen molar-refractivity contribution in [3.8, 4) is 5.75 Å². The monoisotopic (exact) mass is 363 g/mol. The van der Waals surface area contributed by atoms with Crippen LogP contribution in [0.5, 0.6) is 5.75 Å². The number of carbonyl (C=O) groups is 1. The summed E-state index contributed by atoms with van der Waals surface area (Å²) in [5, 5.41) is 2.80. The van der Waals surface area contributed by atoms with Gasteiger partial charge in [-0.1, -0.05) is 0 Å². The summed E-state index contributed by atoms with van der Waals surface area (Å²) in [5.74, 6) is 0.621. The highest BCUT2D eigenvalue weighted by Gasteiger charge is 2.01. The van der Waals surface area contributed by atoms with Crippen molar-refractivity contribution in [3.05, 3.63) is 27.8 Å². The number of ether oxygens (including phenoxy) is 2. The minimum atomic E-state index is -0.0917. The zero-order valence-corrected chi connectivity index (χ0v) is 12.6. The molecule has 1 aromatic rings. The molecule has 1 N–H and O–H groups in total. The second kappa shape index (κ2) is 9.16. The average Bonchev–Trinajstić information content (AvgIpc) is 2.38. The Bertz CT molecular complexity index is 354. The molecule has 0 aromatic heterocycles. The van der Waals surface area contributed by atoms with Crippen LogP contribution in [0.1, 0.15) is 12.8 Å². The summed E-state index contributed by atoms with van der Waals surface area (Å²) in [6.45, 7) is 1.46. The van der Waals surface area contributed by atoms with Gasteiger partial charge in [0.2, 0.25) is 0 Å². The van der Waals surface area contributed by atoms with E-state index in [9.17, 15) is 4.79 Å². The predicted octanol–water partition coefficient (Wildman–Crippen LogP) is 2.21. The quantitative estimate of drug-likeness (QED) is 0.569. The lowest BCUT2D eigenvalue weighted by atomic mass is 10.3. The van der Waals surface area contributed by atoms with Crippen molar-refractivity contribution < 1.29 is 14.3 Å². The van der Waals surface area contributed by atoms with Gasteiger partial charge in [0, 0.05) is 23.8 Å². The number of hydrogen-bond donors (Lipinski definition) is 1. The number of methoxy groups -OCH3 is 1. The molecule has 0 atom stereocenters. The topological polar surface area (TPSA) is 47.6 Å². The maximum atomic E-state index is 11.4. The maximum absolute atomic E-state index is 11.4. The van der Waals surface area contributed by atoms with Gasteiger partial charge in [-0.2, -0.15) is 0 Å². The normalized spacial score (nSPS) is 10.1. The number of halogens is 1. The van der Waals surface area contributed by atoms with Crippen LogP contribution < -0.4 is 10.1 Å². The third-order valence-electron chi connectivity index (χ3n) is 2.28. The first kappa shape index (κ1) is 15.2. The van der Waals surface area contributed by atoms with Crippen molar-refractivity contribution in [2.75, 3.05) is 26.9 Å². The Kier molecular flexibility index (Phi) is 7.75. The van der Waals surface area contributed by atoms with Gasteiger partial charge in [-0.3, -0.25) is 4.79 Å². The van der Waals surface area contributed by atoms with Crippen LogP contribution in [-0.2, 0) is 9.53 Å². The van der Waals surface area contributed by atoms with E-state index in [-0.39, 0.29) is 12.5 Å².